The third-order valence-electron chi connectivity index (χ3n) is 4.77. The third-order valence-corrected chi connectivity index (χ3v) is 4.77. The second-order valence-electron chi connectivity index (χ2n) is 6.92. The van der Waals surface area contributed by atoms with E-state index in [2.05, 4.69) is 15.3 Å². The number of aromatic nitrogens is 2. The molecule has 0 aromatic carbocycles. The number of carbonyl (C=O) groups excluding carboxylic acids is 1. The molecule has 0 saturated carbocycles. The van der Waals surface area contributed by atoms with Gasteiger partial charge in [0.05, 0.1) is 5.56 Å². The molecule has 1 amide bonds. The van der Waals surface area contributed by atoms with Gasteiger partial charge in [0.25, 0.3) is 11.8 Å². The average molecular weight is 425 g/mol. The van der Waals surface area contributed by atoms with Crippen molar-refractivity contribution in [3.05, 3.63) is 47.4 Å². The van der Waals surface area contributed by atoms with Crippen LogP contribution in [0.5, 0.6) is 0 Å². The van der Waals surface area contributed by atoms with E-state index in [9.17, 15) is 26.7 Å². The number of hydrogen-bond acceptors (Lipinski definition) is 5. The SMILES string of the molecule is C[C@H]1CN(c2nc(C(F)(F)F)ccc2C(=O)Nc2ccnc(C#N)c2)CCC1(F)F. The number of hydrogen-bond donors (Lipinski definition) is 1. The number of nitrogens with zero attached hydrogens (tertiary/aromatic N) is 4. The van der Waals surface area contributed by atoms with Crippen LogP contribution in [-0.4, -0.2) is 34.9 Å². The van der Waals surface area contributed by atoms with Crippen molar-refractivity contribution in [2.45, 2.75) is 25.4 Å². The molecular weight excluding hydrogens is 409 g/mol. The highest BCUT2D eigenvalue weighted by Crippen LogP contribution is 2.37. The van der Waals surface area contributed by atoms with Crippen LogP contribution in [0.3, 0.4) is 0 Å². The lowest BCUT2D eigenvalue weighted by Gasteiger charge is -2.38. The summed E-state index contributed by atoms with van der Waals surface area (Å²) in [5.74, 6) is -5.19. The maximum absolute atomic E-state index is 13.8. The van der Waals surface area contributed by atoms with Crippen LogP contribution in [0.15, 0.2) is 30.5 Å². The van der Waals surface area contributed by atoms with Gasteiger partial charge >= 0.3 is 6.18 Å². The summed E-state index contributed by atoms with van der Waals surface area (Å²) in [6.07, 6.45) is -4.04. The van der Waals surface area contributed by atoms with Gasteiger partial charge in [-0.3, -0.25) is 4.79 Å². The van der Waals surface area contributed by atoms with E-state index in [4.69, 9.17) is 5.26 Å². The Hall–Kier alpha value is -3.29. The summed E-state index contributed by atoms with van der Waals surface area (Å²) >= 11 is 0. The molecule has 0 spiro atoms. The van der Waals surface area contributed by atoms with Crippen molar-refractivity contribution in [1.29, 1.82) is 5.26 Å². The standard InChI is InChI=1S/C19H16F5N5O/c1-11-10-29(7-5-18(11,20)21)16-14(2-3-15(28-16)19(22,23)24)17(30)27-12-4-6-26-13(8-12)9-25/h2-4,6,8,11H,5,7,10H2,1H3,(H,26,27,30)/t11-/m0/s1. The van der Waals surface area contributed by atoms with E-state index >= 15 is 0 Å². The van der Waals surface area contributed by atoms with Crippen LogP contribution in [0.1, 0.15) is 35.1 Å². The van der Waals surface area contributed by atoms with Crippen LogP contribution >= 0.6 is 0 Å². The van der Waals surface area contributed by atoms with Gasteiger partial charge in [-0.25, -0.2) is 18.7 Å². The van der Waals surface area contributed by atoms with Gasteiger partial charge in [0.15, 0.2) is 0 Å². The van der Waals surface area contributed by atoms with Crippen molar-refractivity contribution in [3.63, 3.8) is 0 Å². The highest BCUT2D eigenvalue weighted by molar-refractivity contribution is 6.07. The number of anilines is 2. The first-order valence-electron chi connectivity index (χ1n) is 8.90. The largest absolute Gasteiger partial charge is 0.433 e. The fourth-order valence-electron chi connectivity index (χ4n) is 3.07. The molecule has 0 bridgehead atoms. The molecule has 1 saturated heterocycles. The molecular formula is C19H16F5N5O. The van der Waals surface area contributed by atoms with Gasteiger partial charge in [0.1, 0.15) is 23.3 Å². The van der Waals surface area contributed by atoms with Crippen molar-refractivity contribution in [3.8, 4) is 6.07 Å². The summed E-state index contributed by atoms with van der Waals surface area (Å²) in [6.45, 7) is 0.787. The zero-order valence-electron chi connectivity index (χ0n) is 15.7. The smallest absolute Gasteiger partial charge is 0.355 e. The Labute approximate surface area is 168 Å². The predicted octanol–water partition coefficient (Wildman–Crippen LogP) is 4.10. The number of nitriles is 1. The Morgan fingerprint density at radius 2 is 2.07 bits per heavy atom. The molecule has 0 radical (unpaired) electrons. The lowest BCUT2D eigenvalue weighted by Crippen LogP contribution is -2.46. The lowest BCUT2D eigenvalue weighted by molar-refractivity contribution is -0.141. The minimum Gasteiger partial charge on any atom is -0.355 e. The number of nitrogens with one attached hydrogen (secondary N) is 1. The molecule has 1 fully saturated rings. The summed E-state index contributed by atoms with van der Waals surface area (Å²) in [5.41, 5.74) is -1.19. The van der Waals surface area contributed by atoms with Crippen LogP contribution in [0.4, 0.5) is 33.5 Å². The predicted molar refractivity (Wildman–Crippen MR) is 97.1 cm³/mol. The first-order chi connectivity index (χ1) is 14.0. The topological polar surface area (TPSA) is 81.9 Å². The summed E-state index contributed by atoms with van der Waals surface area (Å²) in [7, 11) is 0. The Bertz CT molecular complexity index is 1000. The van der Waals surface area contributed by atoms with E-state index in [1.165, 1.54) is 30.2 Å². The van der Waals surface area contributed by atoms with Crippen LogP contribution in [0.25, 0.3) is 0 Å². The average Bonchev–Trinajstić information content (AvgIpc) is 2.69. The van der Waals surface area contributed by atoms with Crippen molar-refractivity contribution < 1.29 is 26.7 Å². The maximum atomic E-state index is 13.8. The first-order valence-corrected chi connectivity index (χ1v) is 8.90. The van der Waals surface area contributed by atoms with Gasteiger partial charge < -0.3 is 10.2 Å². The van der Waals surface area contributed by atoms with Crippen LogP contribution in [0.2, 0.25) is 0 Å². The third kappa shape index (κ3) is 4.48. The van der Waals surface area contributed by atoms with Gasteiger partial charge in [-0.15, -0.1) is 0 Å². The molecule has 6 nitrogen and oxygen atoms in total. The van der Waals surface area contributed by atoms with Crippen molar-refractivity contribution in [1.82, 2.24) is 9.97 Å². The number of carbonyl (C=O) groups is 1. The van der Waals surface area contributed by atoms with Crippen LogP contribution < -0.4 is 10.2 Å². The second-order valence-corrected chi connectivity index (χ2v) is 6.92. The van der Waals surface area contributed by atoms with E-state index in [0.29, 0.717) is 6.07 Å². The fourth-order valence-corrected chi connectivity index (χ4v) is 3.07. The van der Waals surface area contributed by atoms with Crippen molar-refractivity contribution in [2.75, 3.05) is 23.3 Å². The lowest BCUT2D eigenvalue weighted by atomic mass is 9.95. The molecule has 3 rings (SSSR count). The summed E-state index contributed by atoms with van der Waals surface area (Å²) in [4.78, 5) is 21.3. The van der Waals surface area contributed by atoms with Gasteiger partial charge in [-0.1, -0.05) is 6.92 Å². The summed E-state index contributed by atoms with van der Waals surface area (Å²) in [5, 5.41) is 11.4. The Balaban J connectivity index is 1.97. The summed E-state index contributed by atoms with van der Waals surface area (Å²) in [6, 6.07) is 6.12. The molecule has 1 aliphatic rings. The molecule has 1 atom stereocenters. The molecule has 1 N–H and O–H groups in total. The minimum atomic E-state index is -4.76. The van der Waals surface area contributed by atoms with Gasteiger partial charge in [-0.05, 0) is 24.3 Å². The maximum Gasteiger partial charge on any atom is 0.433 e. The molecule has 3 heterocycles. The van der Waals surface area contributed by atoms with Gasteiger partial charge in [0, 0.05) is 37.3 Å². The first kappa shape index (κ1) is 21.4. The Kier molecular flexibility index (Phi) is 5.61. The quantitative estimate of drug-likeness (QED) is 0.749. The van der Waals surface area contributed by atoms with Crippen LogP contribution in [-0.2, 0) is 6.18 Å². The molecule has 158 valence electrons. The molecule has 1 aliphatic heterocycles. The molecule has 0 unspecified atom stereocenters. The van der Waals surface area contributed by atoms with E-state index in [1.807, 2.05) is 0 Å². The summed E-state index contributed by atoms with van der Waals surface area (Å²) < 4.78 is 67.1. The molecule has 11 heteroatoms. The molecule has 2 aromatic heterocycles. The number of alkyl halides is 5. The fraction of sp³-hybridized carbons (Fsp3) is 0.368. The normalized spacial score (nSPS) is 18.6. The highest BCUT2D eigenvalue weighted by atomic mass is 19.4. The minimum absolute atomic E-state index is 0.0330. The van der Waals surface area contributed by atoms with E-state index in [-0.39, 0.29) is 35.9 Å². The zero-order valence-corrected chi connectivity index (χ0v) is 15.7. The Morgan fingerprint density at radius 1 is 1.33 bits per heavy atom. The highest BCUT2D eigenvalue weighted by Gasteiger charge is 2.42. The van der Waals surface area contributed by atoms with E-state index in [0.717, 1.165) is 6.07 Å². The van der Waals surface area contributed by atoms with Gasteiger partial charge in [-0.2, -0.15) is 18.4 Å². The molecule has 0 aliphatic carbocycles. The van der Waals surface area contributed by atoms with E-state index in [1.54, 1.807) is 6.07 Å². The van der Waals surface area contributed by atoms with Crippen molar-refractivity contribution in [2.24, 2.45) is 5.92 Å². The van der Waals surface area contributed by atoms with Gasteiger partial charge in [0.2, 0.25) is 0 Å². The molecule has 2 aromatic rings. The Morgan fingerprint density at radius 3 is 2.70 bits per heavy atom. The van der Waals surface area contributed by atoms with Crippen LogP contribution in [0, 0.1) is 17.2 Å². The number of piperidine rings is 1. The van der Waals surface area contributed by atoms with E-state index < -0.39 is 36.0 Å². The number of amides is 1. The monoisotopic (exact) mass is 425 g/mol. The molecule has 30 heavy (non-hydrogen) atoms. The van der Waals surface area contributed by atoms with Crippen molar-refractivity contribution >= 4 is 17.4 Å². The second kappa shape index (κ2) is 7.85. The number of halogens is 5. The zero-order chi connectivity index (χ0) is 22.1. The number of pyridine rings is 2. The number of rotatable bonds is 3.